The summed E-state index contributed by atoms with van der Waals surface area (Å²) in [5, 5.41) is 6.38. The molecule has 5 nitrogen and oxygen atoms in total. The average Bonchev–Trinajstić information content (AvgIpc) is 3.32. The van der Waals surface area contributed by atoms with Crippen molar-refractivity contribution in [3.8, 4) is 0 Å². The molecule has 1 fully saturated rings. The molecule has 0 spiro atoms. The van der Waals surface area contributed by atoms with Crippen molar-refractivity contribution in [1.29, 1.82) is 0 Å². The number of carbonyl (C=O) groups excluding carboxylic acids is 1. The summed E-state index contributed by atoms with van der Waals surface area (Å²) in [5.74, 6) is -0.173. The summed E-state index contributed by atoms with van der Waals surface area (Å²) in [6.45, 7) is 10.4. The molecule has 6 heteroatoms. The van der Waals surface area contributed by atoms with Gasteiger partial charge in [0, 0.05) is 42.5 Å². The summed E-state index contributed by atoms with van der Waals surface area (Å²) < 4.78 is 20.1. The number of nitrogens with zero attached hydrogens (tertiary/aromatic N) is 1. The van der Waals surface area contributed by atoms with Crippen molar-refractivity contribution in [1.82, 2.24) is 10.2 Å². The summed E-state index contributed by atoms with van der Waals surface area (Å²) in [6.07, 6.45) is 5.90. The molecule has 0 aliphatic carbocycles. The number of hydrogen-bond donors (Lipinski definition) is 2. The Morgan fingerprint density at radius 2 is 1.97 bits per heavy atom. The van der Waals surface area contributed by atoms with E-state index in [-0.39, 0.29) is 11.7 Å². The third-order valence-corrected chi connectivity index (χ3v) is 7.37. The lowest BCUT2D eigenvalue weighted by molar-refractivity contribution is -0.111. The van der Waals surface area contributed by atoms with Gasteiger partial charge in [-0.15, -0.1) is 0 Å². The second kappa shape index (κ2) is 9.59. The summed E-state index contributed by atoms with van der Waals surface area (Å²) in [4.78, 5) is 15.2. The van der Waals surface area contributed by atoms with Gasteiger partial charge >= 0.3 is 0 Å². The number of allylic oxidation sites excluding steroid dienone is 1. The van der Waals surface area contributed by atoms with Crippen molar-refractivity contribution >= 4 is 22.7 Å². The second-order valence-electron chi connectivity index (χ2n) is 10.3. The molecule has 2 N–H and O–H groups in total. The third kappa shape index (κ3) is 4.91. The zero-order valence-corrected chi connectivity index (χ0v) is 20.8. The number of amides is 1. The number of ether oxygens (including phenoxy) is 1. The Kier molecular flexibility index (Phi) is 6.51. The minimum Gasteiger partial charge on any atom is -0.482 e. The first-order chi connectivity index (χ1) is 16.8. The molecule has 3 aliphatic rings. The molecule has 1 atom stereocenters. The number of piperidine rings is 1. The highest BCUT2D eigenvalue weighted by atomic mass is 19.1. The smallest absolute Gasteiger partial charge is 0.260 e. The van der Waals surface area contributed by atoms with Gasteiger partial charge in [-0.1, -0.05) is 30.7 Å². The number of rotatable bonds is 6. The molecule has 0 aromatic heterocycles. The predicted molar refractivity (Wildman–Crippen MR) is 138 cm³/mol. The highest BCUT2D eigenvalue weighted by Gasteiger charge is 2.38. The van der Waals surface area contributed by atoms with Crippen LogP contribution in [0.3, 0.4) is 0 Å². The molecule has 0 radical (unpaired) electrons. The monoisotopic (exact) mass is 475 g/mol. The first kappa shape index (κ1) is 23.8. The zero-order chi connectivity index (χ0) is 24.6. The van der Waals surface area contributed by atoms with Crippen molar-refractivity contribution < 1.29 is 13.9 Å². The van der Waals surface area contributed by atoms with E-state index in [2.05, 4.69) is 46.7 Å². The molecule has 5 rings (SSSR count). The van der Waals surface area contributed by atoms with Gasteiger partial charge in [0.2, 0.25) is 0 Å². The fourth-order valence-electron chi connectivity index (χ4n) is 5.35. The van der Waals surface area contributed by atoms with Crippen LogP contribution in [0.2, 0.25) is 0 Å². The number of carbonyl (C=O) groups is 1. The minimum atomic E-state index is -0.608. The number of benzene rings is 2. The average molecular weight is 476 g/mol. The first-order valence-corrected chi connectivity index (χ1v) is 12.6. The number of likely N-dealkylation sites (tertiary alicyclic amines) is 1. The van der Waals surface area contributed by atoms with Crippen LogP contribution in [-0.2, 0) is 16.1 Å². The van der Waals surface area contributed by atoms with E-state index in [1.807, 2.05) is 19.9 Å². The zero-order valence-electron chi connectivity index (χ0n) is 20.8. The van der Waals surface area contributed by atoms with Crippen molar-refractivity contribution in [2.75, 3.05) is 25.0 Å². The molecule has 3 heterocycles. The van der Waals surface area contributed by atoms with Gasteiger partial charge in [-0.25, -0.2) is 4.39 Å². The Hall–Kier alpha value is -2.96. The fraction of sp³-hybridized carbons (Fsp3) is 0.414. The largest absolute Gasteiger partial charge is 0.482 e. The van der Waals surface area contributed by atoms with Gasteiger partial charge in [0.15, 0.2) is 0 Å². The molecular weight excluding hydrogens is 441 g/mol. The lowest BCUT2D eigenvalue weighted by atomic mass is 9.91. The quantitative estimate of drug-likeness (QED) is 0.437. The summed E-state index contributed by atoms with van der Waals surface area (Å²) in [5.41, 5.74) is 4.20. The molecule has 35 heavy (non-hydrogen) atoms. The van der Waals surface area contributed by atoms with Gasteiger partial charge in [0.1, 0.15) is 17.2 Å². The van der Waals surface area contributed by atoms with Crippen LogP contribution in [0.5, 0.6) is 0 Å². The van der Waals surface area contributed by atoms with Crippen molar-refractivity contribution in [3.63, 3.8) is 0 Å². The van der Waals surface area contributed by atoms with Crippen LogP contribution in [0.4, 0.5) is 10.1 Å². The predicted octanol–water partition coefficient (Wildman–Crippen LogP) is 5.35. The van der Waals surface area contributed by atoms with E-state index >= 15 is 0 Å². The third-order valence-electron chi connectivity index (χ3n) is 7.37. The maximum atomic E-state index is 13.9. The number of hydrogen-bond acceptors (Lipinski definition) is 4. The van der Waals surface area contributed by atoms with E-state index in [1.54, 1.807) is 6.07 Å². The fourth-order valence-corrected chi connectivity index (χ4v) is 5.35. The van der Waals surface area contributed by atoms with E-state index in [1.165, 1.54) is 43.5 Å². The second-order valence-corrected chi connectivity index (χ2v) is 10.3. The number of halogens is 1. The molecule has 184 valence electrons. The van der Waals surface area contributed by atoms with Crippen molar-refractivity contribution in [2.24, 2.45) is 0 Å². The standard InChI is InChI=1S/C29H34FN3O2/c1-19-6-4-5-14-33(19)15-13-31-18-20-7-9-21(10-8-20)24-17-26(35-29(24,2)3)27-23-16-22(30)11-12-25(23)32-28(27)34/h7-12,16-17,19,31H,4-6,13-15,18H2,1-3H3,(H,32,34)/b27-26+. The highest BCUT2D eigenvalue weighted by Crippen LogP contribution is 2.44. The maximum absolute atomic E-state index is 13.9. The molecule has 0 bridgehead atoms. The number of nitrogens with one attached hydrogen (secondary N) is 2. The van der Waals surface area contributed by atoms with Crippen LogP contribution in [-0.4, -0.2) is 42.1 Å². The molecule has 1 amide bonds. The molecule has 0 saturated carbocycles. The molecular formula is C29H34FN3O2. The van der Waals surface area contributed by atoms with Gasteiger partial charge < -0.3 is 15.4 Å². The molecule has 1 unspecified atom stereocenters. The number of fused-ring (bicyclic) bond motifs is 1. The van der Waals surface area contributed by atoms with Crippen molar-refractivity contribution in [2.45, 2.75) is 58.2 Å². The normalized spacial score (nSPS) is 23.6. The van der Waals surface area contributed by atoms with Crippen molar-refractivity contribution in [3.05, 3.63) is 76.8 Å². The van der Waals surface area contributed by atoms with E-state index in [4.69, 9.17) is 4.74 Å². The number of anilines is 1. The molecule has 3 aliphatic heterocycles. The van der Waals surface area contributed by atoms with Crippen LogP contribution < -0.4 is 10.6 Å². The topological polar surface area (TPSA) is 53.6 Å². The van der Waals surface area contributed by atoms with Crippen LogP contribution in [0.15, 0.2) is 54.3 Å². The Morgan fingerprint density at radius 3 is 2.74 bits per heavy atom. The SMILES string of the molecule is CC1CCCCN1CCNCc1ccc(C2=C/C(=C3\C(=O)Nc4ccc(F)cc43)OC2(C)C)cc1. The van der Waals surface area contributed by atoms with Crippen LogP contribution in [0, 0.1) is 5.82 Å². The Balaban J connectivity index is 1.28. The van der Waals surface area contributed by atoms with Crippen LogP contribution in [0.1, 0.15) is 56.7 Å². The maximum Gasteiger partial charge on any atom is 0.260 e. The van der Waals surface area contributed by atoms with Gasteiger partial charge in [0.25, 0.3) is 5.91 Å². The Morgan fingerprint density at radius 1 is 1.17 bits per heavy atom. The molecule has 2 aromatic rings. The minimum absolute atomic E-state index is 0.269. The van der Waals surface area contributed by atoms with Crippen LogP contribution in [0.25, 0.3) is 11.1 Å². The lowest BCUT2D eigenvalue weighted by Crippen LogP contribution is -2.41. The summed E-state index contributed by atoms with van der Waals surface area (Å²) in [7, 11) is 0. The molecule has 1 saturated heterocycles. The van der Waals surface area contributed by atoms with Gasteiger partial charge in [0.05, 0.1) is 5.57 Å². The Labute approximate surface area is 207 Å². The summed E-state index contributed by atoms with van der Waals surface area (Å²) in [6, 6.07) is 13.5. The van der Waals surface area contributed by atoms with Gasteiger partial charge in [-0.2, -0.15) is 0 Å². The highest BCUT2D eigenvalue weighted by molar-refractivity contribution is 6.32. The van der Waals surface area contributed by atoms with E-state index in [9.17, 15) is 9.18 Å². The van der Waals surface area contributed by atoms with Gasteiger partial charge in [-0.05, 0) is 75.6 Å². The van der Waals surface area contributed by atoms with E-state index < -0.39 is 5.60 Å². The molecule has 2 aromatic carbocycles. The van der Waals surface area contributed by atoms with E-state index in [0.717, 1.165) is 30.8 Å². The lowest BCUT2D eigenvalue weighted by Gasteiger charge is -2.33. The van der Waals surface area contributed by atoms with E-state index in [0.29, 0.717) is 28.6 Å². The Bertz CT molecular complexity index is 1180. The first-order valence-electron chi connectivity index (χ1n) is 12.6. The van der Waals surface area contributed by atoms with Gasteiger partial charge in [-0.3, -0.25) is 9.69 Å². The summed E-state index contributed by atoms with van der Waals surface area (Å²) >= 11 is 0. The van der Waals surface area contributed by atoms with Crippen LogP contribution >= 0.6 is 0 Å².